The Hall–Kier alpha value is -1.93. The van der Waals surface area contributed by atoms with Crippen molar-refractivity contribution in [2.24, 2.45) is 0 Å². The zero-order chi connectivity index (χ0) is 20.7. The van der Waals surface area contributed by atoms with E-state index >= 15 is 0 Å². The molecule has 28 heavy (non-hydrogen) atoms. The molecular formula is C20H30N2O5S. The fourth-order valence-corrected chi connectivity index (χ4v) is 4.67. The maximum Gasteiger partial charge on any atom is 0.248 e. The summed E-state index contributed by atoms with van der Waals surface area (Å²) < 4.78 is 15.7. The summed E-state index contributed by atoms with van der Waals surface area (Å²) in [6.45, 7) is 5.53. The standard InChI is InChI=1S/C20H30N2O5S/c1-6-17-19(24)22(11-10-21(7-2)18(23)13-25-3)20(28-17)14-8-9-15(26-4)16(12-14)27-5/h8-9,12,17,20H,6-7,10-11,13H2,1-5H3/t17-,20+/m0/s1. The van der Waals surface area contributed by atoms with Gasteiger partial charge in [-0.2, -0.15) is 0 Å². The number of carbonyl (C=O) groups is 2. The van der Waals surface area contributed by atoms with Crippen molar-refractivity contribution < 1.29 is 23.8 Å². The van der Waals surface area contributed by atoms with Crippen LogP contribution in [-0.4, -0.2) is 74.4 Å². The molecule has 1 aromatic rings. The maximum atomic E-state index is 12.9. The van der Waals surface area contributed by atoms with Crippen molar-refractivity contribution in [3.05, 3.63) is 23.8 Å². The van der Waals surface area contributed by atoms with E-state index in [4.69, 9.17) is 14.2 Å². The molecule has 0 spiro atoms. The Labute approximate surface area is 171 Å². The smallest absolute Gasteiger partial charge is 0.248 e. The largest absolute Gasteiger partial charge is 0.493 e. The number of hydrogen-bond donors (Lipinski definition) is 0. The van der Waals surface area contributed by atoms with Gasteiger partial charge >= 0.3 is 0 Å². The van der Waals surface area contributed by atoms with Gasteiger partial charge in [-0.15, -0.1) is 11.8 Å². The first-order chi connectivity index (χ1) is 13.5. The molecule has 1 aromatic carbocycles. The van der Waals surface area contributed by atoms with E-state index in [1.807, 2.05) is 36.9 Å². The third-order valence-corrected chi connectivity index (χ3v) is 6.46. The Morgan fingerprint density at radius 1 is 1.18 bits per heavy atom. The highest BCUT2D eigenvalue weighted by atomic mass is 32.2. The van der Waals surface area contributed by atoms with Gasteiger partial charge < -0.3 is 24.0 Å². The lowest BCUT2D eigenvalue weighted by atomic mass is 10.1. The lowest BCUT2D eigenvalue weighted by Gasteiger charge is -2.28. The second kappa shape index (κ2) is 10.6. The van der Waals surface area contributed by atoms with Gasteiger partial charge in [0, 0.05) is 26.7 Å². The second-order valence-corrected chi connectivity index (χ2v) is 7.73. The van der Waals surface area contributed by atoms with Gasteiger partial charge in [-0.05, 0) is 31.0 Å². The molecule has 1 aliphatic rings. The van der Waals surface area contributed by atoms with E-state index in [9.17, 15) is 9.59 Å². The Balaban J connectivity index is 2.22. The number of carbonyl (C=O) groups excluding carboxylic acids is 2. The van der Waals surface area contributed by atoms with Gasteiger partial charge in [-0.1, -0.05) is 13.0 Å². The van der Waals surface area contributed by atoms with E-state index in [1.54, 1.807) is 30.9 Å². The van der Waals surface area contributed by atoms with Crippen LogP contribution in [0.4, 0.5) is 0 Å². The van der Waals surface area contributed by atoms with Crippen LogP contribution in [0.1, 0.15) is 31.2 Å². The molecule has 0 saturated carbocycles. The van der Waals surface area contributed by atoms with Crippen molar-refractivity contribution in [3.8, 4) is 11.5 Å². The van der Waals surface area contributed by atoms with E-state index < -0.39 is 0 Å². The number of thioether (sulfide) groups is 1. The minimum Gasteiger partial charge on any atom is -0.493 e. The van der Waals surface area contributed by atoms with Crippen molar-refractivity contribution in [2.45, 2.75) is 30.9 Å². The maximum absolute atomic E-state index is 12.9. The summed E-state index contributed by atoms with van der Waals surface area (Å²) in [5, 5.41) is -0.198. The number of ether oxygens (including phenoxy) is 3. The van der Waals surface area contributed by atoms with Gasteiger partial charge in [0.15, 0.2) is 11.5 Å². The Morgan fingerprint density at radius 3 is 2.46 bits per heavy atom. The first kappa shape index (κ1) is 22.4. The van der Waals surface area contributed by atoms with E-state index in [2.05, 4.69) is 0 Å². The molecular weight excluding hydrogens is 380 g/mol. The first-order valence-corrected chi connectivity index (χ1v) is 10.4. The van der Waals surface area contributed by atoms with Crippen LogP contribution in [-0.2, 0) is 14.3 Å². The van der Waals surface area contributed by atoms with E-state index in [-0.39, 0.29) is 29.0 Å². The zero-order valence-corrected chi connectivity index (χ0v) is 18.1. The number of hydrogen-bond acceptors (Lipinski definition) is 6. The molecule has 0 N–H and O–H groups in total. The van der Waals surface area contributed by atoms with Crippen LogP contribution in [0.25, 0.3) is 0 Å². The van der Waals surface area contributed by atoms with Crippen molar-refractivity contribution in [2.75, 3.05) is 47.6 Å². The van der Waals surface area contributed by atoms with Crippen molar-refractivity contribution in [1.29, 1.82) is 0 Å². The SMILES string of the molecule is CC[C@@H]1S[C@H](c2ccc(OC)c(OC)c2)N(CCN(CC)C(=O)COC)C1=O. The van der Waals surface area contributed by atoms with Crippen LogP contribution in [0.2, 0.25) is 0 Å². The number of likely N-dealkylation sites (N-methyl/N-ethyl adjacent to an activating group) is 1. The highest BCUT2D eigenvalue weighted by Gasteiger charge is 2.40. The quantitative estimate of drug-likeness (QED) is 0.591. The predicted octanol–water partition coefficient (Wildman–Crippen LogP) is 2.55. The number of rotatable bonds is 10. The molecule has 0 bridgehead atoms. The molecule has 2 rings (SSSR count). The molecule has 0 aromatic heterocycles. The number of nitrogens with zero attached hydrogens (tertiary/aromatic N) is 2. The third kappa shape index (κ3) is 4.91. The van der Waals surface area contributed by atoms with Crippen LogP contribution in [0.15, 0.2) is 18.2 Å². The summed E-state index contributed by atoms with van der Waals surface area (Å²) in [4.78, 5) is 28.6. The van der Waals surface area contributed by atoms with Crippen molar-refractivity contribution in [1.82, 2.24) is 9.80 Å². The van der Waals surface area contributed by atoms with Crippen LogP contribution < -0.4 is 9.47 Å². The van der Waals surface area contributed by atoms with Gasteiger partial charge in [-0.3, -0.25) is 9.59 Å². The summed E-state index contributed by atoms with van der Waals surface area (Å²) in [6.07, 6.45) is 0.768. The molecule has 7 nitrogen and oxygen atoms in total. The number of benzene rings is 1. The minimum atomic E-state index is -0.117. The monoisotopic (exact) mass is 410 g/mol. The normalized spacial score (nSPS) is 19.0. The lowest BCUT2D eigenvalue weighted by Crippen LogP contribution is -2.42. The summed E-state index contributed by atoms with van der Waals surface area (Å²) >= 11 is 1.64. The highest BCUT2D eigenvalue weighted by Crippen LogP contribution is 2.45. The van der Waals surface area contributed by atoms with Crippen LogP contribution in [0.3, 0.4) is 0 Å². The van der Waals surface area contributed by atoms with Crippen LogP contribution >= 0.6 is 11.8 Å². The average Bonchev–Trinajstić information content (AvgIpc) is 3.03. The third-order valence-electron chi connectivity index (χ3n) is 4.81. The molecule has 2 amide bonds. The summed E-state index contributed by atoms with van der Waals surface area (Å²) in [7, 11) is 4.70. The van der Waals surface area contributed by atoms with Crippen molar-refractivity contribution in [3.63, 3.8) is 0 Å². The Morgan fingerprint density at radius 2 is 1.89 bits per heavy atom. The molecule has 156 valence electrons. The predicted molar refractivity (Wildman–Crippen MR) is 110 cm³/mol. The molecule has 8 heteroatoms. The molecule has 2 atom stereocenters. The molecule has 1 aliphatic heterocycles. The molecule has 0 aliphatic carbocycles. The molecule has 0 unspecified atom stereocenters. The summed E-state index contributed by atoms with van der Waals surface area (Å²) in [5.74, 6) is 1.33. The van der Waals surface area contributed by atoms with Gasteiger partial charge in [0.25, 0.3) is 0 Å². The van der Waals surface area contributed by atoms with E-state index in [1.165, 1.54) is 7.11 Å². The minimum absolute atomic E-state index is 0.0488. The Kier molecular flexibility index (Phi) is 8.44. The zero-order valence-electron chi connectivity index (χ0n) is 17.3. The topological polar surface area (TPSA) is 68.3 Å². The second-order valence-electron chi connectivity index (χ2n) is 6.44. The molecule has 1 fully saturated rings. The van der Waals surface area contributed by atoms with Gasteiger partial charge in [-0.25, -0.2) is 0 Å². The highest BCUT2D eigenvalue weighted by molar-refractivity contribution is 8.01. The van der Waals surface area contributed by atoms with Crippen LogP contribution in [0, 0.1) is 0 Å². The van der Waals surface area contributed by atoms with Crippen molar-refractivity contribution >= 4 is 23.6 Å². The molecule has 1 heterocycles. The number of amides is 2. The Bertz CT molecular complexity index is 685. The fraction of sp³-hybridized carbons (Fsp3) is 0.600. The van der Waals surface area contributed by atoms with E-state index in [0.29, 0.717) is 31.1 Å². The lowest BCUT2D eigenvalue weighted by molar-refractivity contribution is -0.137. The summed E-state index contributed by atoms with van der Waals surface area (Å²) in [5.41, 5.74) is 0.984. The fourth-order valence-electron chi connectivity index (χ4n) is 3.25. The average molecular weight is 411 g/mol. The molecule has 1 saturated heterocycles. The van der Waals surface area contributed by atoms with E-state index in [0.717, 1.165) is 12.0 Å². The van der Waals surface area contributed by atoms with Gasteiger partial charge in [0.2, 0.25) is 11.8 Å². The first-order valence-electron chi connectivity index (χ1n) is 9.45. The number of methoxy groups -OCH3 is 3. The van der Waals surface area contributed by atoms with Gasteiger partial charge in [0.1, 0.15) is 12.0 Å². The van der Waals surface area contributed by atoms with Crippen LogP contribution in [0.5, 0.6) is 11.5 Å². The summed E-state index contributed by atoms with van der Waals surface area (Å²) in [6, 6.07) is 5.74. The molecule has 0 radical (unpaired) electrons. The van der Waals surface area contributed by atoms with Gasteiger partial charge in [0.05, 0.1) is 19.5 Å².